The minimum Gasteiger partial charge on any atom is -0.332 e. The molecule has 1 N–H and O–H groups in total. The maximum Gasteiger partial charge on any atom is 0.317 e. The van der Waals surface area contributed by atoms with Gasteiger partial charge in [-0.2, -0.15) is 11.8 Å². The van der Waals surface area contributed by atoms with E-state index in [-0.39, 0.29) is 23.6 Å². The van der Waals surface area contributed by atoms with Crippen molar-refractivity contribution in [2.75, 3.05) is 24.8 Å². The number of rotatable bonds is 5. The summed E-state index contributed by atoms with van der Waals surface area (Å²) in [6, 6.07) is -0.185. The van der Waals surface area contributed by atoms with Crippen molar-refractivity contribution in [1.29, 1.82) is 0 Å². The summed E-state index contributed by atoms with van der Waals surface area (Å²) in [6.45, 7) is 0.402. The number of carbonyl (C=O) groups is 1. The first kappa shape index (κ1) is 17.6. The third kappa shape index (κ3) is 4.85. The highest BCUT2D eigenvalue weighted by atomic mass is 32.2. The van der Waals surface area contributed by atoms with Gasteiger partial charge in [0.1, 0.15) is 14.8 Å². The van der Waals surface area contributed by atoms with Crippen LogP contribution in [0.5, 0.6) is 0 Å². The van der Waals surface area contributed by atoms with Crippen molar-refractivity contribution < 1.29 is 13.2 Å². The van der Waals surface area contributed by atoms with E-state index in [4.69, 9.17) is 0 Å². The average Bonchev–Trinajstić information content (AvgIpc) is 2.92. The van der Waals surface area contributed by atoms with E-state index in [1.807, 2.05) is 11.6 Å². The second-order valence-corrected chi connectivity index (χ2v) is 9.43. The molecule has 0 bridgehead atoms. The first-order valence-corrected chi connectivity index (χ1v) is 11.1. The van der Waals surface area contributed by atoms with E-state index in [0.29, 0.717) is 19.4 Å². The predicted octanol–water partition coefficient (Wildman–Crippen LogP) is 1.72. The van der Waals surface area contributed by atoms with Crippen LogP contribution in [0, 0.1) is 0 Å². The van der Waals surface area contributed by atoms with Crippen LogP contribution in [0.2, 0.25) is 0 Å². The van der Waals surface area contributed by atoms with Gasteiger partial charge in [-0.15, -0.1) is 11.3 Å². The summed E-state index contributed by atoms with van der Waals surface area (Å²) in [5, 5.41) is 5.86. The van der Waals surface area contributed by atoms with Crippen LogP contribution in [-0.4, -0.2) is 55.2 Å². The van der Waals surface area contributed by atoms with Gasteiger partial charge in [-0.3, -0.25) is 0 Å². The molecule has 124 valence electrons. The first-order chi connectivity index (χ1) is 10.4. The summed E-state index contributed by atoms with van der Waals surface area (Å²) in [7, 11) is -1.18. The molecule has 22 heavy (non-hydrogen) atoms. The van der Waals surface area contributed by atoms with Gasteiger partial charge < -0.3 is 10.2 Å². The summed E-state index contributed by atoms with van der Waals surface area (Å²) < 4.78 is 22.9. The molecule has 0 atom stereocenters. The molecular weight excluding hydrogens is 342 g/mol. The normalized spacial score (nSPS) is 18.1. The fourth-order valence-corrected chi connectivity index (χ4v) is 5.32. The molecule has 0 radical (unpaired) electrons. The Morgan fingerprint density at radius 1 is 1.50 bits per heavy atom. The van der Waals surface area contributed by atoms with Crippen LogP contribution in [0.4, 0.5) is 4.79 Å². The molecule has 6 nitrogen and oxygen atoms in total. The summed E-state index contributed by atoms with van der Waals surface area (Å²) in [4.78, 5) is 18.2. The topological polar surface area (TPSA) is 79.4 Å². The highest BCUT2D eigenvalue weighted by molar-refractivity contribution is 7.97. The Morgan fingerprint density at radius 2 is 2.18 bits per heavy atom. The van der Waals surface area contributed by atoms with Crippen LogP contribution in [0.3, 0.4) is 0 Å². The summed E-state index contributed by atoms with van der Waals surface area (Å²) in [6.07, 6.45) is 3.06. The van der Waals surface area contributed by atoms with Crippen molar-refractivity contribution >= 4 is 39.0 Å². The zero-order valence-electron chi connectivity index (χ0n) is 12.7. The smallest absolute Gasteiger partial charge is 0.317 e. The molecule has 1 aromatic rings. The minimum absolute atomic E-state index is 0.00832. The van der Waals surface area contributed by atoms with Gasteiger partial charge in [0.05, 0.1) is 23.7 Å². The van der Waals surface area contributed by atoms with Crippen LogP contribution < -0.4 is 5.32 Å². The zero-order valence-corrected chi connectivity index (χ0v) is 15.2. The van der Waals surface area contributed by atoms with Crippen molar-refractivity contribution in [3.8, 4) is 0 Å². The summed E-state index contributed by atoms with van der Waals surface area (Å²) >= 11 is 3.32. The number of thioether (sulfide) groups is 1. The molecule has 1 aliphatic heterocycles. The number of hydrogen-bond donors (Lipinski definition) is 1. The third-order valence-corrected chi connectivity index (χ3v) is 7.04. The Bertz CT molecular complexity index is 601. The van der Waals surface area contributed by atoms with Crippen molar-refractivity contribution in [1.82, 2.24) is 15.2 Å². The molecule has 2 amide bonds. The molecule has 0 unspecified atom stereocenters. The molecule has 0 spiro atoms. The molecule has 0 saturated carbocycles. The van der Waals surface area contributed by atoms with Gasteiger partial charge in [0.2, 0.25) is 0 Å². The largest absolute Gasteiger partial charge is 0.332 e. The van der Waals surface area contributed by atoms with Gasteiger partial charge in [0.25, 0.3) is 0 Å². The summed E-state index contributed by atoms with van der Waals surface area (Å²) in [5.74, 6) is 1.22. The first-order valence-electron chi connectivity index (χ1n) is 7.04. The van der Waals surface area contributed by atoms with Gasteiger partial charge in [-0.25, -0.2) is 18.2 Å². The van der Waals surface area contributed by atoms with Gasteiger partial charge >= 0.3 is 6.03 Å². The van der Waals surface area contributed by atoms with Crippen LogP contribution in [0.25, 0.3) is 0 Å². The van der Waals surface area contributed by atoms with Gasteiger partial charge in [-0.05, 0) is 19.1 Å². The lowest BCUT2D eigenvalue weighted by molar-refractivity contribution is 0.185. The lowest BCUT2D eigenvalue weighted by Gasteiger charge is -2.31. The number of hydrogen-bond acceptors (Lipinski definition) is 6. The zero-order chi connectivity index (χ0) is 16.2. The Labute approximate surface area is 139 Å². The van der Waals surface area contributed by atoms with Crippen molar-refractivity contribution in [2.24, 2.45) is 0 Å². The Kier molecular flexibility index (Phi) is 6.10. The van der Waals surface area contributed by atoms with Crippen LogP contribution in [0.1, 0.15) is 23.5 Å². The molecule has 1 saturated heterocycles. The molecule has 0 aromatic carbocycles. The number of nitrogens with one attached hydrogen (secondary N) is 1. The number of urea groups is 1. The molecule has 1 fully saturated rings. The summed E-state index contributed by atoms with van der Waals surface area (Å²) in [5.41, 5.74) is 0.863. The quantitative estimate of drug-likeness (QED) is 0.862. The van der Waals surface area contributed by atoms with Crippen molar-refractivity contribution in [3.05, 3.63) is 16.1 Å². The third-order valence-electron chi connectivity index (χ3n) is 3.68. The lowest BCUT2D eigenvalue weighted by Crippen LogP contribution is -2.46. The van der Waals surface area contributed by atoms with Crippen LogP contribution in [0.15, 0.2) is 5.38 Å². The average molecular weight is 364 g/mol. The molecular formula is C13H21N3O3S3. The molecule has 1 aromatic heterocycles. The predicted molar refractivity (Wildman–Crippen MR) is 91.0 cm³/mol. The second kappa shape index (κ2) is 7.65. The van der Waals surface area contributed by atoms with Gasteiger partial charge in [0.15, 0.2) is 0 Å². The number of aromatic nitrogens is 1. The number of thiazole rings is 1. The van der Waals surface area contributed by atoms with Crippen LogP contribution >= 0.6 is 23.1 Å². The molecule has 9 heteroatoms. The Balaban J connectivity index is 1.81. The van der Waals surface area contributed by atoms with Gasteiger partial charge in [0, 0.05) is 24.2 Å². The minimum atomic E-state index is -2.90. The van der Waals surface area contributed by atoms with E-state index in [2.05, 4.69) is 10.3 Å². The van der Waals surface area contributed by atoms with Crippen molar-refractivity contribution in [2.45, 2.75) is 31.2 Å². The van der Waals surface area contributed by atoms with E-state index < -0.39 is 9.84 Å². The van der Waals surface area contributed by atoms with E-state index in [9.17, 15) is 13.2 Å². The SMILES string of the molecule is CSCc1nc(CNC(=O)N(C)C2CCS(=O)(=O)CC2)cs1. The second-order valence-electron chi connectivity index (χ2n) is 5.32. The molecule has 2 heterocycles. The molecule has 1 aliphatic rings. The van der Waals surface area contributed by atoms with E-state index in [1.165, 1.54) is 0 Å². The monoisotopic (exact) mass is 363 g/mol. The number of sulfone groups is 1. The van der Waals surface area contributed by atoms with E-state index in [0.717, 1.165) is 16.5 Å². The van der Waals surface area contributed by atoms with Gasteiger partial charge in [-0.1, -0.05) is 0 Å². The standard InChI is InChI=1S/C13H21N3O3S3/c1-16(11-3-5-22(18,19)6-4-11)13(17)14-7-10-8-21-12(15-10)9-20-2/h8,11H,3-7,9H2,1-2H3,(H,14,17). The van der Waals surface area contributed by atoms with Crippen LogP contribution in [-0.2, 0) is 22.1 Å². The number of amides is 2. The Morgan fingerprint density at radius 3 is 2.82 bits per heavy atom. The van der Waals surface area contributed by atoms with Crippen molar-refractivity contribution in [3.63, 3.8) is 0 Å². The number of carbonyl (C=O) groups excluding carboxylic acids is 1. The maximum atomic E-state index is 12.1. The Hall–Kier alpha value is -0.800. The fraction of sp³-hybridized carbons (Fsp3) is 0.692. The maximum absolute atomic E-state index is 12.1. The van der Waals surface area contributed by atoms with E-state index in [1.54, 1.807) is 35.0 Å². The fourth-order valence-electron chi connectivity index (χ4n) is 2.34. The number of nitrogens with zero attached hydrogens (tertiary/aromatic N) is 2. The molecule has 0 aliphatic carbocycles. The highest BCUT2D eigenvalue weighted by Crippen LogP contribution is 2.18. The lowest BCUT2D eigenvalue weighted by atomic mass is 10.1. The van der Waals surface area contributed by atoms with E-state index >= 15 is 0 Å². The highest BCUT2D eigenvalue weighted by Gasteiger charge is 2.28. The molecule has 2 rings (SSSR count).